The molecule has 0 amide bonds. The number of hydrogen-bond donors (Lipinski definition) is 1. The zero-order chi connectivity index (χ0) is 16.5. The van der Waals surface area contributed by atoms with Crippen LogP contribution in [0.2, 0.25) is 0 Å². The van der Waals surface area contributed by atoms with Crippen LogP contribution in [0, 0.1) is 17.1 Å². The van der Waals surface area contributed by atoms with Gasteiger partial charge >= 0.3 is 0 Å². The molecule has 0 radical (unpaired) electrons. The highest BCUT2D eigenvalue weighted by Gasteiger charge is 2.12. The summed E-state index contributed by atoms with van der Waals surface area (Å²) in [5.41, 5.74) is 3.23. The smallest absolute Gasteiger partial charge is 0.204 e. The molecule has 2 aromatic heterocycles. The molecule has 2 aromatic carbocycles. The Morgan fingerprint density at radius 1 is 1.17 bits per heavy atom. The Kier molecular flexibility index (Phi) is 3.28. The molecule has 0 bridgehead atoms. The summed E-state index contributed by atoms with van der Waals surface area (Å²) in [4.78, 5) is 0. The summed E-state index contributed by atoms with van der Waals surface area (Å²) in [6.07, 6.45) is 1.80. The summed E-state index contributed by atoms with van der Waals surface area (Å²) in [6.45, 7) is 0.556. The normalized spacial score (nSPS) is 10.8. The van der Waals surface area contributed by atoms with Gasteiger partial charge in [0.1, 0.15) is 11.9 Å². The van der Waals surface area contributed by atoms with Gasteiger partial charge in [0.05, 0.1) is 5.56 Å². The molecular weight excluding hydrogens is 307 g/mol. The lowest BCUT2D eigenvalue weighted by Gasteiger charge is -2.06. The van der Waals surface area contributed by atoms with E-state index in [0.717, 1.165) is 22.0 Å². The molecule has 7 heteroatoms. The number of H-pyrrole nitrogens is 1. The van der Waals surface area contributed by atoms with Crippen LogP contribution in [0.1, 0.15) is 11.1 Å². The zero-order valence-corrected chi connectivity index (χ0v) is 12.4. The van der Waals surface area contributed by atoms with Crippen molar-refractivity contribution in [2.45, 2.75) is 6.54 Å². The molecule has 0 aliphatic carbocycles. The highest BCUT2D eigenvalue weighted by Crippen LogP contribution is 2.26. The number of rotatable bonds is 3. The van der Waals surface area contributed by atoms with Crippen LogP contribution in [-0.2, 0) is 6.54 Å². The van der Waals surface area contributed by atoms with Crippen molar-refractivity contribution in [1.82, 2.24) is 25.2 Å². The van der Waals surface area contributed by atoms with Gasteiger partial charge in [-0.3, -0.25) is 0 Å². The van der Waals surface area contributed by atoms with E-state index < -0.39 is 0 Å². The standard InChI is InChI=1S/C17H11FN6/c18-14-4-1-11(2-5-14)9-24-10-13(8-19)15-7-12(3-6-16(15)24)17-20-22-23-21-17/h1-7,10H,9H2,(H,20,21,22,23). The van der Waals surface area contributed by atoms with Gasteiger partial charge in [-0.1, -0.05) is 12.1 Å². The Morgan fingerprint density at radius 3 is 2.71 bits per heavy atom. The lowest BCUT2D eigenvalue weighted by molar-refractivity contribution is 0.626. The molecule has 0 unspecified atom stereocenters. The number of aromatic nitrogens is 5. The first kappa shape index (κ1) is 14.1. The molecular formula is C17H11FN6. The Bertz CT molecular complexity index is 1040. The average molecular weight is 318 g/mol. The number of fused-ring (bicyclic) bond motifs is 1. The maximum absolute atomic E-state index is 13.0. The SMILES string of the molecule is N#Cc1cn(Cc2ccc(F)cc2)c2ccc(-c3nn[nH]n3)cc12. The maximum atomic E-state index is 13.0. The first-order chi connectivity index (χ1) is 11.7. The predicted molar refractivity (Wildman–Crippen MR) is 85.3 cm³/mol. The minimum atomic E-state index is -0.265. The van der Waals surface area contributed by atoms with Crippen molar-refractivity contribution in [3.8, 4) is 17.5 Å². The van der Waals surface area contributed by atoms with Crippen LogP contribution in [0.15, 0.2) is 48.7 Å². The Morgan fingerprint density at radius 2 is 2.00 bits per heavy atom. The van der Waals surface area contributed by atoms with Crippen LogP contribution >= 0.6 is 0 Å². The van der Waals surface area contributed by atoms with Crippen molar-refractivity contribution in [2.24, 2.45) is 0 Å². The van der Waals surface area contributed by atoms with E-state index in [4.69, 9.17) is 0 Å². The van der Waals surface area contributed by atoms with Gasteiger partial charge in [0.2, 0.25) is 5.82 Å². The van der Waals surface area contributed by atoms with E-state index in [0.29, 0.717) is 17.9 Å². The lowest BCUT2D eigenvalue weighted by atomic mass is 10.1. The fraction of sp³-hybridized carbons (Fsp3) is 0.0588. The number of halogens is 1. The van der Waals surface area contributed by atoms with Crippen molar-refractivity contribution in [3.63, 3.8) is 0 Å². The lowest BCUT2D eigenvalue weighted by Crippen LogP contribution is -1.97. The van der Waals surface area contributed by atoms with Crippen LogP contribution < -0.4 is 0 Å². The van der Waals surface area contributed by atoms with Crippen molar-refractivity contribution >= 4 is 10.9 Å². The molecule has 0 saturated heterocycles. The molecule has 1 N–H and O–H groups in total. The molecule has 2 heterocycles. The number of hydrogen-bond acceptors (Lipinski definition) is 4. The van der Waals surface area contributed by atoms with Gasteiger partial charge in [-0.05, 0) is 41.1 Å². The first-order valence-electron chi connectivity index (χ1n) is 7.26. The van der Waals surface area contributed by atoms with E-state index in [9.17, 15) is 9.65 Å². The summed E-state index contributed by atoms with van der Waals surface area (Å²) >= 11 is 0. The Hall–Kier alpha value is -3.53. The maximum Gasteiger partial charge on any atom is 0.204 e. The third-order valence-electron chi connectivity index (χ3n) is 3.87. The minimum absolute atomic E-state index is 0.265. The number of aromatic amines is 1. The molecule has 0 saturated carbocycles. The summed E-state index contributed by atoms with van der Waals surface area (Å²) in [5.74, 6) is 0.214. The Labute approximate surface area is 136 Å². The summed E-state index contributed by atoms with van der Waals surface area (Å²) in [6, 6.07) is 14.2. The van der Waals surface area contributed by atoms with Crippen LogP contribution in [0.25, 0.3) is 22.3 Å². The third kappa shape index (κ3) is 2.40. The largest absolute Gasteiger partial charge is 0.342 e. The molecule has 0 aliphatic rings. The highest BCUT2D eigenvalue weighted by molar-refractivity contribution is 5.89. The van der Waals surface area contributed by atoms with Gasteiger partial charge in [-0.15, -0.1) is 10.2 Å². The van der Waals surface area contributed by atoms with E-state index in [1.807, 2.05) is 22.8 Å². The van der Waals surface area contributed by atoms with E-state index >= 15 is 0 Å². The zero-order valence-electron chi connectivity index (χ0n) is 12.4. The van der Waals surface area contributed by atoms with E-state index in [1.54, 1.807) is 18.3 Å². The van der Waals surface area contributed by atoms with E-state index in [-0.39, 0.29) is 5.82 Å². The first-order valence-corrected chi connectivity index (χ1v) is 7.26. The van der Waals surface area contributed by atoms with Crippen molar-refractivity contribution in [1.29, 1.82) is 5.26 Å². The average Bonchev–Trinajstić information content (AvgIpc) is 3.25. The third-order valence-corrected chi connectivity index (χ3v) is 3.87. The van der Waals surface area contributed by atoms with Crippen molar-refractivity contribution < 1.29 is 4.39 Å². The number of tetrazole rings is 1. The monoisotopic (exact) mass is 318 g/mol. The van der Waals surface area contributed by atoms with Crippen LogP contribution in [0.5, 0.6) is 0 Å². The van der Waals surface area contributed by atoms with Crippen LogP contribution in [0.4, 0.5) is 4.39 Å². The quantitative estimate of drug-likeness (QED) is 0.629. The summed E-state index contributed by atoms with van der Waals surface area (Å²) in [7, 11) is 0. The number of nitrogens with one attached hydrogen (secondary N) is 1. The Balaban J connectivity index is 1.79. The topological polar surface area (TPSA) is 83.2 Å². The molecule has 4 rings (SSSR count). The van der Waals surface area contributed by atoms with Gasteiger partial charge in [-0.2, -0.15) is 10.5 Å². The van der Waals surface area contributed by atoms with Gasteiger partial charge in [0.25, 0.3) is 0 Å². The molecule has 0 atom stereocenters. The predicted octanol–water partition coefficient (Wildman–Crippen LogP) is 2.88. The molecule has 6 nitrogen and oxygen atoms in total. The fourth-order valence-corrected chi connectivity index (χ4v) is 2.73. The molecule has 116 valence electrons. The van der Waals surface area contributed by atoms with Gasteiger partial charge in [-0.25, -0.2) is 4.39 Å². The van der Waals surface area contributed by atoms with Crippen molar-refractivity contribution in [2.75, 3.05) is 0 Å². The molecule has 24 heavy (non-hydrogen) atoms. The minimum Gasteiger partial charge on any atom is -0.342 e. The number of nitrogens with zero attached hydrogens (tertiary/aromatic N) is 5. The van der Waals surface area contributed by atoms with Crippen LogP contribution in [0.3, 0.4) is 0 Å². The molecule has 0 fully saturated rings. The van der Waals surface area contributed by atoms with E-state index in [1.165, 1.54) is 12.1 Å². The highest BCUT2D eigenvalue weighted by atomic mass is 19.1. The second kappa shape index (κ2) is 5.59. The second-order valence-corrected chi connectivity index (χ2v) is 5.38. The van der Waals surface area contributed by atoms with Crippen LogP contribution in [-0.4, -0.2) is 25.2 Å². The summed E-state index contributed by atoms with van der Waals surface area (Å²) < 4.78 is 15.0. The van der Waals surface area contributed by atoms with Gasteiger partial charge < -0.3 is 4.57 Å². The number of benzene rings is 2. The van der Waals surface area contributed by atoms with Crippen molar-refractivity contribution in [3.05, 3.63) is 65.6 Å². The second-order valence-electron chi connectivity index (χ2n) is 5.38. The summed E-state index contributed by atoms with van der Waals surface area (Å²) in [5, 5.41) is 24.1. The fourth-order valence-electron chi connectivity index (χ4n) is 2.73. The van der Waals surface area contributed by atoms with Gasteiger partial charge in [0, 0.05) is 29.2 Å². The van der Waals surface area contributed by atoms with Gasteiger partial charge in [0.15, 0.2) is 0 Å². The molecule has 0 aliphatic heterocycles. The van der Waals surface area contributed by atoms with E-state index in [2.05, 4.69) is 26.7 Å². The molecule has 4 aromatic rings. The number of nitriles is 1. The molecule has 0 spiro atoms.